The molecular weight excluding hydrogens is 324 g/mol. The number of hydrogen-bond acceptors (Lipinski definition) is 4. The summed E-state index contributed by atoms with van der Waals surface area (Å²) in [6.45, 7) is 4.40. The van der Waals surface area contributed by atoms with Crippen molar-refractivity contribution in [2.45, 2.75) is 68.1 Å². The minimum absolute atomic E-state index is 0.225. The van der Waals surface area contributed by atoms with Gasteiger partial charge in [0.05, 0.1) is 10.1 Å². The van der Waals surface area contributed by atoms with E-state index in [4.69, 9.17) is 5.73 Å². The fraction of sp³-hybridized carbons (Fsp3) is 0.611. The van der Waals surface area contributed by atoms with E-state index in [1.807, 2.05) is 13.8 Å². The second-order valence-corrected chi connectivity index (χ2v) is 8.96. The predicted molar refractivity (Wildman–Crippen MR) is 95.7 cm³/mol. The first-order chi connectivity index (χ1) is 11.3. The minimum Gasteiger partial charge on any atom is -0.350 e. The molecule has 0 aromatic heterocycles. The maximum Gasteiger partial charge on any atom is 0.251 e. The number of carbonyl (C=O) groups is 1. The molecule has 2 rings (SSSR count). The van der Waals surface area contributed by atoms with Gasteiger partial charge in [0.1, 0.15) is 0 Å². The Morgan fingerprint density at radius 3 is 2.21 bits per heavy atom. The number of carbonyl (C=O) groups excluding carboxylic acids is 1. The molecule has 0 saturated heterocycles. The highest BCUT2D eigenvalue weighted by Gasteiger charge is 2.30. The van der Waals surface area contributed by atoms with E-state index < -0.39 is 15.4 Å². The summed E-state index contributed by atoms with van der Waals surface area (Å²) in [5.41, 5.74) is 6.23. The molecule has 0 heterocycles. The highest BCUT2D eigenvalue weighted by molar-refractivity contribution is 7.92. The first kappa shape index (κ1) is 18.9. The van der Waals surface area contributed by atoms with Crippen molar-refractivity contribution in [3.63, 3.8) is 0 Å². The first-order valence-corrected chi connectivity index (χ1v) is 10.3. The van der Waals surface area contributed by atoms with E-state index in [-0.39, 0.29) is 11.2 Å². The van der Waals surface area contributed by atoms with Gasteiger partial charge in [-0.15, -0.1) is 0 Å². The molecule has 0 atom stereocenters. The molecule has 0 spiro atoms. The molecule has 24 heavy (non-hydrogen) atoms. The molecule has 0 radical (unpaired) electrons. The SMILES string of the molecule is CCC(N)(CC)CNC(=O)c1ccc(S(=O)(=O)C2CCCC2)cc1. The van der Waals surface area contributed by atoms with Crippen molar-refractivity contribution in [3.8, 4) is 0 Å². The van der Waals surface area contributed by atoms with E-state index in [1.165, 1.54) is 12.1 Å². The van der Waals surface area contributed by atoms with Crippen LogP contribution in [0.3, 0.4) is 0 Å². The van der Waals surface area contributed by atoms with E-state index in [1.54, 1.807) is 12.1 Å². The summed E-state index contributed by atoms with van der Waals surface area (Å²) in [5.74, 6) is -0.225. The van der Waals surface area contributed by atoms with Crippen LogP contribution in [0.25, 0.3) is 0 Å². The number of hydrogen-bond donors (Lipinski definition) is 2. The Bertz CT molecular complexity index is 658. The van der Waals surface area contributed by atoms with Gasteiger partial charge in [-0.25, -0.2) is 8.42 Å². The molecule has 134 valence electrons. The molecular formula is C18H28N2O3S. The monoisotopic (exact) mass is 352 g/mol. The van der Waals surface area contributed by atoms with Gasteiger partial charge in [-0.3, -0.25) is 4.79 Å². The maximum atomic E-state index is 12.5. The molecule has 1 aromatic carbocycles. The summed E-state index contributed by atoms with van der Waals surface area (Å²) >= 11 is 0. The summed E-state index contributed by atoms with van der Waals surface area (Å²) in [5, 5.41) is 2.57. The molecule has 0 aliphatic heterocycles. The molecule has 5 nitrogen and oxygen atoms in total. The van der Waals surface area contributed by atoms with Gasteiger partial charge in [0.15, 0.2) is 9.84 Å². The normalized spacial score (nSPS) is 16.3. The van der Waals surface area contributed by atoms with Crippen molar-refractivity contribution in [3.05, 3.63) is 29.8 Å². The Kier molecular flexibility index (Phi) is 6.04. The van der Waals surface area contributed by atoms with E-state index in [9.17, 15) is 13.2 Å². The third-order valence-electron chi connectivity index (χ3n) is 5.20. The van der Waals surface area contributed by atoms with Crippen LogP contribution in [0.2, 0.25) is 0 Å². The van der Waals surface area contributed by atoms with Crippen molar-refractivity contribution < 1.29 is 13.2 Å². The number of benzene rings is 1. The molecule has 0 bridgehead atoms. The van der Waals surface area contributed by atoms with Crippen molar-refractivity contribution in [2.75, 3.05) is 6.54 Å². The first-order valence-electron chi connectivity index (χ1n) is 8.73. The van der Waals surface area contributed by atoms with Crippen LogP contribution in [0.4, 0.5) is 0 Å². The lowest BCUT2D eigenvalue weighted by Gasteiger charge is -2.26. The average molecular weight is 353 g/mol. The molecule has 6 heteroatoms. The third-order valence-corrected chi connectivity index (χ3v) is 7.47. The Morgan fingerprint density at radius 1 is 1.17 bits per heavy atom. The van der Waals surface area contributed by atoms with E-state index >= 15 is 0 Å². The summed E-state index contributed by atoms with van der Waals surface area (Å²) in [6.07, 6.45) is 4.97. The average Bonchev–Trinajstić information content (AvgIpc) is 3.15. The summed E-state index contributed by atoms with van der Waals surface area (Å²) in [4.78, 5) is 12.5. The summed E-state index contributed by atoms with van der Waals surface area (Å²) < 4.78 is 25.1. The molecule has 1 amide bonds. The fourth-order valence-corrected chi connectivity index (χ4v) is 4.90. The predicted octanol–water partition coefficient (Wildman–Crippen LogP) is 2.65. The zero-order chi connectivity index (χ0) is 17.8. The van der Waals surface area contributed by atoms with Crippen molar-refractivity contribution in [1.82, 2.24) is 5.32 Å². The zero-order valence-electron chi connectivity index (χ0n) is 14.5. The molecule has 1 aromatic rings. The highest BCUT2D eigenvalue weighted by Crippen LogP contribution is 2.29. The molecule has 1 aliphatic carbocycles. The van der Waals surface area contributed by atoms with E-state index in [0.717, 1.165) is 38.5 Å². The highest BCUT2D eigenvalue weighted by atomic mass is 32.2. The third kappa shape index (κ3) is 4.16. The second kappa shape index (κ2) is 7.66. The molecule has 1 aliphatic rings. The lowest BCUT2D eigenvalue weighted by atomic mass is 9.94. The van der Waals surface area contributed by atoms with Crippen LogP contribution >= 0.6 is 0 Å². The Hall–Kier alpha value is -1.40. The Morgan fingerprint density at radius 2 is 1.71 bits per heavy atom. The van der Waals surface area contributed by atoms with Gasteiger partial charge in [-0.2, -0.15) is 0 Å². The van der Waals surface area contributed by atoms with Gasteiger partial charge in [0, 0.05) is 17.6 Å². The summed E-state index contributed by atoms with van der Waals surface area (Å²) in [7, 11) is -3.28. The Balaban J connectivity index is 2.05. The summed E-state index contributed by atoms with van der Waals surface area (Å²) in [6, 6.07) is 6.23. The number of rotatable bonds is 7. The number of sulfone groups is 1. The minimum atomic E-state index is -3.28. The second-order valence-electron chi connectivity index (χ2n) is 6.73. The van der Waals surface area contributed by atoms with Gasteiger partial charge in [0.25, 0.3) is 5.91 Å². The van der Waals surface area contributed by atoms with Crippen LogP contribution in [0, 0.1) is 0 Å². The zero-order valence-corrected chi connectivity index (χ0v) is 15.4. The van der Waals surface area contributed by atoms with Crippen LogP contribution in [0.15, 0.2) is 29.2 Å². The maximum absolute atomic E-state index is 12.5. The smallest absolute Gasteiger partial charge is 0.251 e. The van der Waals surface area contributed by atoms with Gasteiger partial charge < -0.3 is 11.1 Å². The quantitative estimate of drug-likeness (QED) is 0.789. The number of amides is 1. The van der Waals surface area contributed by atoms with Crippen LogP contribution < -0.4 is 11.1 Å². The van der Waals surface area contributed by atoms with Crippen molar-refractivity contribution in [2.24, 2.45) is 5.73 Å². The standard InChI is InChI=1S/C18H28N2O3S/c1-3-18(19,4-2)13-20-17(21)14-9-11-16(12-10-14)24(22,23)15-7-5-6-8-15/h9-12,15H,3-8,13,19H2,1-2H3,(H,20,21). The van der Waals surface area contributed by atoms with Gasteiger partial charge in [-0.05, 0) is 49.9 Å². The van der Waals surface area contributed by atoms with Crippen molar-refractivity contribution in [1.29, 1.82) is 0 Å². The van der Waals surface area contributed by atoms with Gasteiger partial charge >= 0.3 is 0 Å². The largest absolute Gasteiger partial charge is 0.350 e. The molecule has 1 fully saturated rings. The number of nitrogens with one attached hydrogen (secondary N) is 1. The van der Waals surface area contributed by atoms with Crippen LogP contribution in [0.1, 0.15) is 62.7 Å². The lowest BCUT2D eigenvalue weighted by Crippen LogP contribution is -2.49. The Labute approximate surface area is 144 Å². The van der Waals surface area contributed by atoms with E-state index in [2.05, 4.69) is 5.32 Å². The fourth-order valence-electron chi connectivity index (χ4n) is 3.05. The van der Waals surface area contributed by atoms with Gasteiger partial charge in [0.2, 0.25) is 0 Å². The molecule has 0 unspecified atom stereocenters. The topological polar surface area (TPSA) is 89.3 Å². The van der Waals surface area contributed by atoms with Gasteiger partial charge in [-0.1, -0.05) is 26.7 Å². The number of nitrogens with two attached hydrogens (primary N) is 1. The van der Waals surface area contributed by atoms with Crippen LogP contribution in [-0.2, 0) is 9.84 Å². The van der Waals surface area contributed by atoms with E-state index in [0.29, 0.717) is 17.0 Å². The van der Waals surface area contributed by atoms with Crippen LogP contribution in [-0.4, -0.2) is 31.7 Å². The molecule has 1 saturated carbocycles. The van der Waals surface area contributed by atoms with Crippen molar-refractivity contribution >= 4 is 15.7 Å². The van der Waals surface area contributed by atoms with Crippen LogP contribution in [0.5, 0.6) is 0 Å². The lowest BCUT2D eigenvalue weighted by molar-refractivity contribution is 0.0942. The molecule has 3 N–H and O–H groups in total.